The fraction of sp³-hybridized carbons (Fsp3) is 0.240. The molecular weight excluding hydrogens is 450 g/mol. The molecule has 0 atom stereocenters. The summed E-state index contributed by atoms with van der Waals surface area (Å²) in [5, 5.41) is 1.19. The van der Waals surface area contributed by atoms with E-state index in [-0.39, 0.29) is 11.2 Å². The average Bonchev–Trinajstić information content (AvgIpc) is 3.37. The van der Waals surface area contributed by atoms with Gasteiger partial charge in [-0.05, 0) is 49.6 Å². The van der Waals surface area contributed by atoms with Gasteiger partial charge in [0, 0.05) is 23.2 Å². The van der Waals surface area contributed by atoms with Crippen molar-refractivity contribution in [3.05, 3.63) is 66.5 Å². The first-order valence-electron chi connectivity index (χ1n) is 11.2. The van der Waals surface area contributed by atoms with Gasteiger partial charge < -0.3 is 10.5 Å². The molecule has 34 heavy (non-hydrogen) atoms. The van der Waals surface area contributed by atoms with Gasteiger partial charge in [0.25, 0.3) is 0 Å². The minimum absolute atomic E-state index is 0.160. The Morgan fingerprint density at radius 2 is 1.79 bits per heavy atom. The Kier molecular flexibility index (Phi) is 5.79. The number of nitrogens with zero attached hydrogens (tertiary/aromatic N) is 3. The van der Waals surface area contributed by atoms with Gasteiger partial charge in [-0.3, -0.25) is 4.72 Å². The Balaban J connectivity index is 1.56. The number of ether oxygens (including phenoxy) is 1. The van der Waals surface area contributed by atoms with Gasteiger partial charge in [0.15, 0.2) is 0 Å². The smallest absolute Gasteiger partial charge is 0.235 e. The molecule has 0 spiro atoms. The molecule has 2 heterocycles. The molecule has 9 heteroatoms. The van der Waals surface area contributed by atoms with Crippen LogP contribution in [0, 0.1) is 6.92 Å². The maximum absolute atomic E-state index is 12.9. The van der Waals surface area contributed by atoms with Gasteiger partial charge in [-0.1, -0.05) is 37.1 Å². The highest BCUT2D eigenvalue weighted by atomic mass is 32.2. The monoisotopic (exact) mass is 475 g/mol. The minimum atomic E-state index is -3.46. The summed E-state index contributed by atoms with van der Waals surface area (Å²) in [5.41, 5.74) is 8.47. The third-order valence-electron chi connectivity index (χ3n) is 6.12. The van der Waals surface area contributed by atoms with E-state index in [0.717, 1.165) is 29.2 Å². The number of nitrogens with one attached hydrogen (secondary N) is 1. The van der Waals surface area contributed by atoms with Crippen LogP contribution in [0.4, 0.5) is 11.6 Å². The average molecular weight is 476 g/mol. The topological polar surface area (TPSA) is 120 Å². The highest BCUT2D eigenvalue weighted by Crippen LogP contribution is 2.39. The van der Waals surface area contributed by atoms with Gasteiger partial charge in [-0.15, -0.1) is 0 Å². The van der Waals surface area contributed by atoms with Gasteiger partial charge in [0.2, 0.25) is 21.9 Å². The lowest BCUT2D eigenvalue weighted by Gasteiger charge is -2.17. The van der Waals surface area contributed by atoms with E-state index in [1.165, 1.54) is 0 Å². The van der Waals surface area contributed by atoms with E-state index >= 15 is 0 Å². The molecule has 2 aromatic heterocycles. The number of pyridine rings is 1. The van der Waals surface area contributed by atoms with Gasteiger partial charge >= 0.3 is 0 Å². The Labute approximate surface area is 198 Å². The molecule has 1 aliphatic rings. The van der Waals surface area contributed by atoms with Gasteiger partial charge in [0.05, 0.1) is 22.2 Å². The van der Waals surface area contributed by atoms with E-state index < -0.39 is 10.0 Å². The molecule has 4 aromatic rings. The number of fused-ring (bicyclic) bond motifs is 1. The summed E-state index contributed by atoms with van der Waals surface area (Å²) >= 11 is 0. The van der Waals surface area contributed by atoms with Crippen LogP contribution in [0.3, 0.4) is 0 Å². The molecular formula is C25H25N5O3S. The first-order valence-corrected chi connectivity index (χ1v) is 12.7. The van der Waals surface area contributed by atoms with Crippen molar-refractivity contribution in [2.75, 3.05) is 10.5 Å². The third kappa shape index (κ3) is 4.26. The summed E-state index contributed by atoms with van der Waals surface area (Å²) < 4.78 is 35.1. The SMILES string of the molecule is Cc1ccc2c(NS(=O)(=O)C3CCCC3)cccc2c1Oc1ncccc1-c1ccnc(N)n1. The van der Waals surface area contributed by atoms with Crippen molar-refractivity contribution in [2.24, 2.45) is 0 Å². The maximum Gasteiger partial charge on any atom is 0.235 e. The number of benzene rings is 2. The van der Waals surface area contributed by atoms with E-state index in [1.54, 1.807) is 30.6 Å². The second kappa shape index (κ2) is 8.90. The lowest BCUT2D eigenvalue weighted by atomic mass is 10.0. The van der Waals surface area contributed by atoms with Crippen molar-refractivity contribution < 1.29 is 13.2 Å². The van der Waals surface area contributed by atoms with Crippen LogP contribution in [-0.2, 0) is 10.0 Å². The van der Waals surface area contributed by atoms with E-state index in [2.05, 4.69) is 19.7 Å². The number of rotatable bonds is 6. The quantitative estimate of drug-likeness (QED) is 0.400. The molecule has 5 rings (SSSR count). The first kappa shape index (κ1) is 22.1. The number of nitrogen functional groups attached to an aromatic ring is 1. The molecule has 1 saturated carbocycles. The number of nitrogens with two attached hydrogens (primary N) is 1. The molecule has 1 fully saturated rings. The Bertz CT molecular complexity index is 1470. The molecule has 0 amide bonds. The van der Waals surface area contributed by atoms with Crippen molar-refractivity contribution in [3.8, 4) is 22.9 Å². The van der Waals surface area contributed by atoms with Crippen LogP contribution in [0.25, 0.3) is 22.0 Å². The first-order chi connectivity index (χ1) is 16.4. The van der Waals surface area contributed by atoms with Gasteiger partial charge in [-0.25, -0.2) is 23.4 Å². The summed E-state index contributed by atoms with van der Waals surface area (Å²) in [6, 6.07) is 14.7. The highest BCUT2D eigenvalue weighted by Gasteiger charge is 2.29. The number of hydrogen-bond donors (Lipinski definition) is 2. The molecule has 0 aliphatic heterocycles. The largest absolute Gasteiger partial charge is 0.437 e. The lowest BCUT2D eigenvalue weighted by Crippen LogP contribution is -2.25. The summed E-state index contributed by atoms with van der Waals surface area (Å²) in [5.74, 6) is 1.13. The van der Waals surface area contributed by atoms with Crippen LogP contribution in [0.2, 0.25) is 0 Å². The Hall–Kier alpha value is -3.72. The van der Waals surface area contributed by atoms with E-state index in [9.17, 15) is 8.42 Å². The number of hydrogen-bond acceptors (Lipinski definition) is 7. The van der Waals surface area contributed by atoms with Crippen molar-refractivity contribution in [1.82, 2.24) is 15.0 Å². The number of sulfonamides is 1. The van der Waals surface area contributed by atoms with Crippen LogP contribution in [-0.4, -0.2) is 28.6 Å². The van der Waals surface area contributed by atoms with Gasteiger partial charge in [0.1, 0.15) is 5.75 Å². The Morgan fingerprint density at radius 1 is 0.971 bits per heavy atom. The minimum Gasteiger partial charge on any atom is -0.437 e. The zero-order valence-electron chi connectivity index (χ0n) is 18.7. The Morgan fingerprint density at radius 3 is 2.59 bits per heavy atom. The standard InChI is InChI=1S/C25H25N5O3S/c1-16-11-12-18-19(8-4-10-22(18)30-34(31,32)17-6-2-3-7-17)23(16)33-24-20(9-5-14-27-24)21-13-15-28-25(26)29-21/h4-5,8-15,17,30H,2-3,6-7H2,1H3,(H2,26,28,29). The van der Waals surface area contributed by atoms with Crippen LogP contribution in [0.1, 0.15) is 31.2 Å². The predicted octanol–water partition coefficient (Wildman–Crippen LogP) is 5.06. The molecule has 1 aliphatic carbocycles. The zero-order valence-corrected chi connectivity index (χ0v) is 19.5. The summed E-state index contributed by atoms with van der Waals surface area (Å²) in [6.45, 7) is 1.94. The van der Waals surface area contributed by atoms with Crippen molar-refractivity contribution in [2.45, 2.75) is 37.9 Å². The van der Waals surface area contributed by atoms with Crippen LogP contribution in [0.15, 0.2) is 60.9 Å². The summed E-state index contributed by atoms with van der Waals surface area (Å²) in [7, 11) is -3.46. The van der Waals surface area contributed by atoms with Gasteiger partial charge in [-0.2, -0.15) is 0 Å². The van der Waals surface area contributed by atoms with E-state index in [0.29, 0.717) is 41.4 Å². The zero-order chi connectivity index (χ0) is 23.7. The second-order valence-corrected chi connectivity index (χ2v) is 10.4. The maximum atomic E-state index is 12.9. The summed E-state index contributed by atoms with van der Waals surface area (Å²) in [4.78, 5) is 12.7. The third-order valence-corrected chi connectivity index (χ3v) is 7.98. The van der Waals surface area contributed by atoms with Crippen LogP contribution in [0.5, 0.6) is 11.6 Å². The molecule has 0 radical (unpaired) electrons. The lowest BCUT2D eigenvalue weighted by molar-refractivity contribution is 0.466. The second-order valence-electron chi connectivity index (χ2n) is 8.42. The number of aryl methyl sites for hydroxylation is 1. The van der Waals surface area contributed by atoms with Crippen LogP contribution >= 0.6 is 0 Å². The molecule has 174 valence electrons. The van der Waals surface area contributed by atoms with Crippen LogP contribution < -0.4 is 15.2 Å². The molecule has 2 aromatic carbocycles. The molecule has 0 unspecified atom stereocenters. The van der Waals surface area contributed by atoms with Crippen molar-refractivity contribution >= 4 is 32.4 Å². The fourth-order valence-corrected chi connectivity index (χ4v) is 5.99. The molecule has 0 saturated heterocycles. The number of aromatic nitrogens is 3. The molecule has 8 nitrogen and oxygen atoms in total. The fourth-order valence-electron chi connectivity index (χ4n) is 4.39. The number of anilines is 2. The summed E-state index contributed by atoms with van der Waals surface area (Å²) in [6.07, 6.45) is 6.52. The van der Waals surface area contributed by atoms with Crippen molar-refractivity contribution in [1.29, 1.82) is 0 Å². The molecule has 0 bridgehead atoms. The van der Waals surface area contributed by atoms with E-state index in [4.69, 9.17) is 10.5 Å². The highest BCUT2D eigenvalue weighted by molar-refractivity contribution is 7.93. The normalized spacial score (nSPS) is 14.4. The van der Waals surface area contributed by atoms with E-state index in [1.807, 2.05) is 37.3 Å². The molecule has 3 N–H and O–H groups in total. The predicted molar refractivity (Wildman–Crippen MR) is 133 cm³/mol. The van der Waals surface area contributed by atoms with Crippen molar-refractivity contribution in [3.63, 3.8) is 0 Å².